The number of aryl methyl sites for hydroxylation is 1. The minimum atomic E-state index is 0.0772. The Bertz CT molecular complexity index is 448. The number of hydrogen-bond donors (Lipinski definition) is 1. The molecule has 18 heavy (non-hydrogen) atoms. The monoisotopic (exact) mass is 267 g/mol. The van der Waals surface area contributed by atoms with Gasteiger partial charge in [-0.25, -0.2) is 0 Å². The summed E-state index contributed by atoms with van der Waals surface area (Å²) in [4.78, 5) is 11.8. The Kier molecular flexibility index (Phi) is 3.28. The lowest BCUT2D eigenvalue weighted by atomic mass is 9.95. The van der Waals surface area contributed by atoms with Gasteiger partial charge >= 0.3 is 0 Å². The van der Waals surface area contributed by atoms with E-state index in [1.54, 1.807) is 6.92 Å². The van der Waals surface area contributed by atoms with Crippen molar-refractivity contribution in [2.24, 2.45) is 11.8 Å². The molecular formula is C12H17N3O2S. The van der Waals surface area contributed by atoms with Gasteiger partial charge in [0.15, 0.2) is 0 Å². The summed E-state index contributed by atoms with van der Waals surface area (Å²) in [5.41, 5.74) is 0. The fraction of sp³-hybridized carbons (Fsp3) is 0.750. The van der Waals surface area contributed by atoms with E-state index in [0.717, 1.165) is 11.8 Å². The standard InChI is InChI=1S/C12H17N3O2S/c1-7-14-15-12(17-7)18-6-11(16)13-10-5-8-2-3-9(10)4-8/h8-10H,2-6H2,1H3,(H,13,16)/t8-,9+,10-/m0/s1. The van der Waals surface area contributed by atoms with Gasteiger partial charge in [-0.05, 0) is 31.1 Å². The van der Waals surface area contributed by atoms with E-state index < -0.39 is 0 Å². The average Bonchev–Trinajstić information content (AvgIpc) is 3.03. The van der Waals surface area contributed by atoms with Crippen molar-refractivity contribution in [2.75, 3.05) is 5.75 Å². The van der Waals surface area contributed by atoms with Crippen LogP contribution in [0.4, 0.5) is 0 Å². The molecule has 0 aromatic carbocycles. The molecule has 1 aromatic heterocycles. The minimum Gasteiger partial charge on any atom is -0.416 e. The van der Waals surface area contributed by atoms with Crippen LogP contribution in [0.1, 0.15) is 31.6 Å². The van der Waals surface area contributed by atoms with Crippen LogP contribution >= 0.6 is 11.8 Å². The first-order valence-corrected chi connectivity index (χ1v) is 7.41. The Morgan fingerprint density at radius 3 is 2.94 bits per heavy atom. The number of nitrogens with zero attached hydrogens (tertiary/aromatic N) is 2. The van der Waals surface area contributed by atoms with Gasteiger partial charge < -0.3 is 9.73 Å². The van der Waals surface area contributed by atoms with Crippen molar-refractivity contribution in [2.45, 2.75) is 43.9 Å². The second-order valence-electron chi connectivity index (χ2n) is 5.22. The molecule has 1 aromatic rings. The molecule has 2 bridgehead atoms. The number of aromatic nitrogens is 2. The molecule has 0 spiro atoms. The third-order valence-electron chi connectivity index (χ3n) is 3.92. The van der Waals surface area contributed by atoms with Crippen molar-refractivity contribution in [1.82, 2.24) is 15.5 Å². The van der Waals surface area contributed by atoms with Crippen LogP contribution in [0.3, 0.4) is 0 Å². The highest BCUT2D eigenvalue weighted by Crippen LogP contribution is 2.44. The lowest BCUT2D eigenvalue weighted by Crippen LogP contribution is -2.39. The van der Waals surface area contributed by atoms with E-state index in [4.69, 9.17) is 4.42 Å². The first kappa shape index (κ1) is 12.0. The molecule has 0 radical (unpaired) electrons. The quantitative estimate of drug-likeness (QED) is 0.842. The van der Waals surface area contributed by atoms with Crippen LogP contribution in [0.15, 0.2) is 9.64 Å². The molecule has 3 rings (SSSR count). The summed E-state index contributed by atoms with van der Waals surface area (Å²) in [6.45, 7) is 1.74. The van der Waals surface area contributed by atoms with Gasteiger partial charge in [-0.3, -0.25) is 4.79 Å². The SMILES string of the molecule is Cc1nnc(SCC(=O)N[C@H]2C[C@H]3CC[C@@H]2C3)o1. The lowest BCUT2D eigenvalue weighted by molar-refractivity contribution is -0.119. The Morgan fingerprint density at radius 2 is 2.33 bits per heavy atom. The molecule has 2 fully saturated rings. The molecule has 2 aliphatic rings. The minimum absolute atomic E-state index is 0.0772. The summed E-state index contributed by atoms with van der Waals surface area (Å²) < 4.78 is 5.21. The van der Waals surface area contributed by atoms with E-state index in [0.29, 0.717) is 22.9 Å². The molecule has 0 saturated heterocycles. The van der Waals surface area contributed by atoms with E-state index in [2.05, 4.69) is 15.5 Å². The third kappa shape index (κ3) is 2.53. The highest BCUT2D eigenvalue weighted by Gasteiger charge is 2.39. The normalized spacial score (nSPS) is 29.7. The molecule has 2 aliphatic carbocycles. The molecule has 0 aliphatic heterocycles. The number of thioether (sulfide) groups is 1. The van der Waals surface area contributed by atoms with Crippen LogP contribution in [0, 0.1) is 18.8 Å². The summed E-state index contributed by atoms with van der Waals surface area (Å²) in [7, 11) is 0. The predicted octanol–water partition coefficient (Wildman–Crippen LogP) is 1.77. The molecule has 5 nitrogen and oxygen atoms in total. The Balaban J connectivity index is 1.45. The summed E-state index contributed by atoms with van der Waals surface area (Å²) in [6, 6.07) is 0.404. The largest absolute Gasteiger partial charge is 0.416 e. The number of fused-ring (bicyclic) bond motifs is 2. The van der Waals surface area contributed by atoms with Gasteiger partial charge in [-0.15, -0.1) is 10.2 Å². The van der Waals surface area contributed by atoms with E-state index in [1.165, 1.54) is 37.4 Å². The molecule has 6 heteroatoms. The van der Waals surface area contributed by atoms with Gasteiger partial charge in [0.2, 0.25) is 11.8 Å². The molecule has 98 valence electrons. The zero-order valence-electron chi connectivity index (χ0n) is 10.4. The van der Waals surface area contributed by atoms with Crippen LogP contribution < -0.4 is 5.32 Å². The van der Waals surface area contributed by atoms with Gasteiger partial charge in [0.1, 0.15) is 0 Å². The molecule has 2 saturated carbocycles. The Morgan fingerprint density at radius 1 is 1.44 bits per heavy atom. The van der Waals surface area contributed by atoms with E-state index in [1.807, 2.05) is 0 Å². The average molecular weight is 267 g/mol. The fourth-order valence-electron chi connectivity index (χ4n) is 3.13. The topological polar surface area (TPSA) is 68.0 Å². The van der Waals surface area contributed by atoms with Crippen LogP contribution in [0.25, 0.3) is 0 Å². The Hall–Kier alpha value is -1.04. The number of amides is 1. The highest BCUT2D eigenvalue weighted by atomic mass is 32.2. The van der Waals surface area contributed by atoms with Crippen molar-refractivity contribution in [3.8, 4) is 0 Å². The number of rotatable bonds is 4. The van der Waals surface area contributed by atoms with Gasteiger partial charge in [0, 0.05) is 13.0 Å². The van der Waals surface area contributed by atoms with Crippen molar-refractivity contribution in [3.05, 3.63) is 5.89 Å². The van der Waals surface area contributed by atoms with E-state index in [9.17, 15) is 4.79 Å². The smallest absolute Gasteiger partial charge is 0.277 e. The third-order valence-corrected chi connectivity index (χ3v) is 4.74. The fourth-order valence-corrected chi connectivity index (χ4v) is 3.75. The van der Waals surface area contributed by atoms with Gasteiger partial charge in [-0.2, -0.15) is 0 Å². The predicted molar refractivity (Wildman–Crippen MR) is 67.1 cm³/mol. The molecule has 1 heterocycles. The second kappa shape index (κ2) is 4.91. The van der Waals surface area contributed by atoms with Gasteiger partial charge in [0.05, 0.1) is 5.75 Å². The second-order valence-corrected chi connectivity index (χ2v) is 6.15. The number of hydrogen-bond acceptors (Lipinski definition) is 5. The lowest BCUT2D eigenvalue weighted by Gasteiger charge is -2.22. The van der Waals surface area contributed by atoms with Gasteiger partial charge in [0.25, 0.3) is 5.22 Å². The highest BCUT2D eigenvalue weighted by molar-refractivity contribution is 7.99. The van der Waals surface area contributed by atoms with E-state index in [-0.39, 0.29) is 5.91 Å². The maximum atomic E-state index is 11.8. The van der Waals surface area contributed by atoms with Crippen LogP contribution in [-0.4, -0.2) is 27.9 Å². The summed E-state index contributed by atoms with van der Waals surface area (Å²) in [6.07, 6.45) is 5.11. The summed E-state index contributed by atoms with van der Waals surface area (Å²) in [5, 5.41) is 11.2. The number of nitrogens with one attached hydrogen (secondary N) is 1. The zero-order valence-corrected chi connectivity index (χ0v) is 11.2. The first-order chi connectivity index (χ1) is 8.70. The van der Waals surface area contributed by atoms with Crippen molar-refractivity contribution >= 4 is 17.7 Å². The summed E-state index contributed by atoms with van der Waals surface area (Å²) >= 11 is 1.30. The molecule has 1 amide bonds. The number of carbonyl (C=O) groups is 1. The Labute approximate surface area is 110 Å². The van der Waals surface area contributed by atoms with Crippen molar-refractivity contribution in [3.63, 3.8) is 0 Å². The number of carbonyl (C=O) groups excluding carboxylic acids is 1. The maximum Gasteiger partial charge on any atom is 0.277 e. The molecular weight excluding hydrogens is 250 g/mol. The first-order valence-electron chi connectivity index (χ1n) is 6.43. The van der Waals surface area contributed by atoms with Crippen LogP contribution in [0.5, 0.6) is 0 Å². The molecule has 3 atom stereocenters. The molecule has 1 N–H and O–H groups in total. The van der Waals surface area contributed by atoms with Gasteiger partial charge in [-0.1, -0.05) is 18.2 Å². The zero-order chi connectivity index (χ0) is 12.5. The van der Waals surface area contributed by atoms with E-state index >= 15 is 0 Å². The molecule has 0 unspecified atom stereocenters. The van der Waals surface area contributed by atoms with Crippen molar-refractivity contribution < 1.29 is 9.21 Å². The van der Waals surface area contributed by atoms with Crippen LogP contribution in [-0.2, 0) is 4.79 Å². The summed E-state index contributed by atoms with van der Waals surface area (Å²) in [5.74, 6) is 2.54. The maximum absolute atomic E-state index is 11.8. The van der Waals surface area contributed by atoms with Crippen LogP contribution in [0.2, 0.25) is 0 Å². The van der Waals surface area contributed by atoms with Crippen molar-refractivity contribution in [1.29, 1.82) is 0 Å².